The van der Waals surface area contributed by atoms with Gasteiger partial charge in [-0.25, -0.2) is 9.37 Å². The molecule has 1 aromatic heterocycles. The summed E-state index contributed by atoms with van der Waals surface area (Å²) >= 11 is 0. The second kappa shape index (κ2) is 7.23. The van der Waals surface area contributed by atoms with Crippen LogP contribution in [0, 0.1) is 5.82 Å². The fourth-order valence-electron chi connectivity index (χ4n) is 3.68. The molecule has 0 radical (unpaired) electrons. The molecule has 0 saturated heterocycles. The normalized spacial score (nSPS) is 12.9. The highest BCUT2D eigenvalue weighted by Gasteiger charge is 2.27. The molecule has 0 saturated carbocycles. The standard InChI is InChI=1S/C21H21FN4O/c1-2-26(21(27)16-6-3-4-7-18(16)22)20-9-5-8-19-17(20)10-11-25(19)13-15-12-23-14-24-15/h3-9,12,14H,2,10-11,13H2,1H3,(H,23,24). The van der Waals surface area contributed by atoms with Crippen molar-refractivity contribution in [3.05, 3.63) is 77.6 Å². The first-order chi connectivity index (χ1) is 13.2. The molecule has 5 nitrogen and oxygen atoms in total. The van der Waals surface area contributed by atoms with Crippen LogP contribution in [0.3, 0.4) is 0 Å². The maximum atomic E-state index is 14.1. The third-order valence-electron chi connectivity index (χ3n) is 4.97. The molecule has 0 spiro atoms. The Morgan fingerprint density at radius 1 is 1.26 bits per heavy atom. The molecule has 0 atom stereocenters. The summed E-state index contributed by atoms with van der Waals surface area (Å²) in [6.45, 7) is 4.00. The Bertz CT molecular complexity index is 955. The lowest BCUT2D eigenvalue weighted by molar-refractivity contribution is 0.0984. The number of anilines is 2. The van der Waals surface area contributed by atoms with Gasteiger partial charge >= 0.3 is 0 Å². The highest BCUT2D eigenvalue weighted by atomic mass is 19.1. The number of H-pyrrole nitrogens is 1. The molecule has 0 unspecified atom stereocenters. The van der Waals surface area contributed by atoms with Crippen molar-refractivity contribution >= 4 is 17.3 Å². The molecule has 1 aliphatic heterocycles. The topological polar surface area (TPSA) is 52.2 Å². The molecule has 2 heterocycles. The van der Waals surface area contributed by atoms with Gasteiger partial charge in [-0.15, -0.1) is 0 Å². The second-order valence-electron chi connectivity index (χ2n) is 6.55. The molecule has 27 heavy (non-hydrogen) atoms. The van der Waals surface area contributed by atoms with Crippen LogP contribution < -0.4 is 9.80 Å². The minimum Gasteiger partial charge on any atom is -0.365 e. The molecule has 1 aliphatic rings. The van der Waals surface area contributed by atoms with Crippen LogP contribution in [-0.2, 0) is 13.0 Å². The quantitative estimate of drug-likeness (QED) is 0.750. The number of carbonyl (C=O) groups is 1. The number of imidazole rings is 1. The highest BCUT2D eigenvalue weighted by molar-refractivity contribution is 6.07. The van der Waals surface area contributed by atoms with Gasteiger partial charge < -0.3 is 14.8 Å². The summed E-state index contributed by atoms with van der Waals surface area (Å²) in [5.41, 5.74) is 4.24. The first-order valence-electron chi connectivity index (χ1n) is 9.09. The number of benzene rings is 2. The van der Waals surface area contributed by atoms with E-state index in [1.807, 2.05) is 25.3 Å². The number of hydrogen-bond donors (Lipinski definition) is 1. The van der Waals surface area contributed by atoms with Crippen molar-refractivity contribution in [2.24, 2.45) is 0 Å². The predicted octanol–water partition coefficient (Wildman–Crippen LogP) is 3.78. The van der Waals surface area contributed by atoms with E-state index in [1.165, 1.54) is 12.1 Å². The minimum atomic E-state index is -0.491. The highest BCUT2D eigenvalue weighted by Crippen LogP contribution is 2.36. The third kappa shape index (κ3) is 3.18. The van der Waals surface area contributed by atoms with Crippen molar-refractivity contribution in [2.45, 2.75) is 19.9 Å². The van der Waals surface area contributed by atoms with Crippen molar-refractivity contribution in [3.63, 3.8) is 0 Å². The SMILES string of the molecule is CCN(C(=O)c1ccccc1F)c1cccc2c1CCN2Cc1cnc[nH]1. The molecular formula is C21H21FN4O. The lowest BCUT2D eigenvalue weighted by Gasteiger charge is -2.25. The lowest BCUT2D eigenvalue weighted by atomic mass is 10.1. The summed E-state index contributed by atoms with van der Waals surface area (Å²) < 4.78 is 14.1. The summed E-state index contributed by atoms with van der Waals surface area (Å²) in [6, 6.07) is 12.1. The summed E-state index contributed by atoms with van der Waals surface area (Å²) in [6.07, 6.45) is 4.34. The summed E-state index contributed by atoms with van der Waals surface area (Å²) in [5, 5.41) is 0. The minimum absolute atomic E-state index is 0.101. The maximum absolute atomic E-state index is 14.1. The van der Waals surface area contributed by atoms with Gasteiger partial charge in [0.2, 0.25) is 0 Å². The summed E-state index contributed by atoms with van der Waals surface area (Å²) in [4.78, 5) is 24.1. The molecule has 0 fully saturated rings. The van der Waals surface area contributed by atoms with Crippen LogP contribution in [-0.4, -0.2) is 29.0 Å². The van der Waals surface area contributed by atoms with Gasteiger partial charge in [-0.3, -0.25) is 4.79 Å². The van der Waals surface area contributed by atoms with Crippen molar-refractivity contribution in [1.82, 2.24) is 9.97 Å². The van der Waals surface area contributed by atoms with E-state index >= 15 is 0 Å². The fourth-order valence-corrected chi connectivity index (χ4v) is 3.68. The number of halogens is 1. The van der Waals surface area contributed by atoms with Crippen LogP contribution >= 0.6 is 0 Å². The molecule has 0 bridgehead atoms. The Kier molecular flexibility index (Phi) is 4.62. The zero-order valence-electron chi connectivity index (χ0n) is 15.2. The first kappa shape index (κ1) is 17.3. The van der Waals surface area contributed by atoms with E-state index in [-0.39, 0.29) is 11.5 Å². The Labute approximate surface area is 157 Å². The maximum Gasteiger partial charge on any atom is 0.261 e. The van der Waals surface area contributed by atoms with E-state index in [1.54, 1.807) is 23.4 Å². The number of hydrogen-bond acceptors (Lipinski definition) is 3. The van der Waals surface area contributed by atoms with Gasteiger partial charge in [0.05, 0.1) is 24.1 Å². The number of nitrogens with one attached hydrogen (secondary N) is 1. The molecular weight excluding hydrogens is 343 g/mol. The zero-order chi connectivity index (χ0) is 18.8. The van der Waals surface area contributed by atoms with Crippen LogP contribution in [0.25, 0.3) is 0 Å². The van der Waals surface area contributed by atoms with Gasteiger partial charge in [0.15, 0.2) is 0 Å². The smallest absolute Gasteiger partial charge is 0.261 e. The van der Waals surface area contributed by atoms with Gasteiger partial charge in [0, 0.05) is 36.2 Å². The van der Waals surface area contributed by atoms with E-state index in [9.17, 15) is 9.18 Å². The molecule has 2 aromatic carbocycles. The van der Waals surface area contributed by atoms with Crippen molar-refractivity contribution in [1.29, 1.82) is 0 Å². The Balaban J connectivity index is 1.67. The van der Waals surface area contributed by atoms with E-state index in [0.29, 0.717) is 6.54 Å². The molecule has 138 valence electrons. The fraction of sp³-hybridized carbons (Fsp3) is 0.238. The Morgan fingerprint density at radius 2 is 2.11 bits per heavy atom. The van der Waals surface area contributed by atoms with Crippen molar-refractivity contribution in [3.8, 4) is 0 Å². The number of amides is 1. The number of nitrogens with zero attached hydrogens (tertiary/aromatic N) is 3. The summed E-state index contributed by atoms with van der Waals surface area (Å²) in [7, 11) is 0. The molecule has 1 N–H and O–H groups in total. The van der Waals surface area contributed by atoms with Crippen molar-refractivity contribution < 1.29 is 9.18 Å². The van der Waals surface area contributed by atoms with Gasteiger partial charge in [0.25, 0.3) is 5.91 Å². The largest absolute Gasteiger partial charge is 0.365 e. The van der Waals surface area contributed by atoms with E-state index < -0.39 is 5.82 Å². The number of rotatable bonds is 5. The Morgan fingerprint density at radius 3 is 2.85 bits per heavy atom. The van der Waals surface area contributed by atoms with Crippen molar-refractivity contribution in [2.75, 3.05) is 22.9 Å². The third-order valence-corrected chi connectivity index (χ3v) is 4.97. The molecule has 6 heteroatoms. The van der Waals surface area contributed by atoms with E-state index in [2.05, 4.69) is 20.9 Å². The second-order valence-corrected chi connectivity index (χ2v) is 6.55. The first-order valence-corrected chi connectivity index (χ1v) is 9.09. The molecule has 0 aliphatic carbocycles. The van der Waals surface area contributed by atoms with E-state index in [0.717, 1.165) is 42.1 Å². The predicted molar refractivity (Wildman–Crippen MR) is 104 cm³/mol. The number of aromatic amines is 1. The number of aromatic nitrogens is 2. The van der Waals surface area contributed by atoms with Gasteiger partial charge in [-0.1, -0.05) is 18.2 Å². The Hall–Kier alpha value is -3.15. The monoisotopic (exact) mass is 364 g/mol. The van der Waals surface area contributed by atoms with Gasteiger partial charge in [-0.05, 0) is 37.6 Å². The molecule has 4 rings (SSSR count). The zero-order valence-corrected chi connectivity index (χ0v) is 15.2. The number of fused-ring (bicyclic) bond motifs is 1. The molecule has 3 aromatic rings. The van der Waals surface area contributed by atoms with Crippen LogP contribution in [0.2, 0.25) is 0 Å². The van der Waals surface area contributed by atoms with Crippen LogP contribution in [0.15, 0.2) is 55.0 Å². The molecule has 1 amide bonds. The average Bonchev–Trinajstić information content (AvgIpc) is 3.34. The van der Waals surface area contributed by atoms with Crippen LogP contribution in [0.5, 0.6) is 0 Å². The lowest BCUT2D eigenvalue weighted by Crippen LogP contribution is -2.32. The number of carbonyl (C=O) groups excluding carboxylic acids is 1. The average molecular weight is 364 g/mol. The van der Waals surface area contributed by atoms with Crippen LogP contribution in [0.4, 0.5) is 15.8 Å². The van der Waals surface area contributed by atoms with Gasteiger partial charge in [-0.2, -0.15) is 0 Å². The summed E-state index contributed by atoms with van der Waals surface area (Å²) in [5.74, 6) is -0.801. The van der Waals surface area contributed by atoms with Crippen LogP contribution in [0.1, 0.15) is 28.5 Å². The van der Waals surface area contributed by atoms with E-state index in [4.69, 9.17) is 0 Å². The van der Waals surface area contributed by atoms with Gasteiger partial charge in [0.1, 0.15) is 5.82 Å².